The Bertz CT molecular complexity index is 262. The van der Waals surface area contributed by atoms with Gasteiger partial charge in [-0.3, -0.25) is 0 Å². The molecule has 0 heterocycles. The molecule has 0 saturated heterocycles. The highest BCUT2D eigenvalue weighted by Crippen LogP contribution is 2.30. The van der Waals surface area contributed by atoms with Crippen molar-refractivity contribution in [3.05, 3.63) is 12.2 Å². The fraction of sp³-hybridized carbons (Fsp3) is 0.846. The van der Waals surface area contributed by atoms with Crippen LogP contribution < -0.4 is 0 Å². The van der Waals surface area contributed by atoms with Crippen molar-refractivity contribution in [1.82, 2.24) is 0 Å². The molecule has 0 aromatic heterocycles. The van der Waals surface area contributed by atoms with E-state index < -0.39 is 11.8 Å². The van der Waals surface area contributed by atoms with Gasteiger partial charge in [-0.05, 0) is 19.9 Å². The first-order chi connectivity index (χ1) is 7.83. The molecule has 2 nitrogen and oxygen atoms in total. The highest BCUT2D eigenvalue weighted by molar-refractivity contribution is 4.98. The summed E-state index contributed by atoms with van der Waals surface area (Å²) in [5.74, 6) is -3.43. The van der Waals surface area contributed by atoms with Crippen molar-refractivity contribution in [2.24, 2.45) is 5.92 Å². The van der Waals surface area contributed by atoms with E-state index in [1.165, 1.54) is 19.9 Å². The van der Waals surface area contributed by atoms with Crippen LogP contribution in [0.2, 0.25) is 0 Å². The zero-order chi connectivity index (χ0) is 13.1. The smallest absolute Gasteiger partial charge is 0.268 e. The molecule has 0 bridgehead atoms. The quantitative estimate of drug-likeness (QED) is 0.643. The van der Waals surface area contributed by atoms with Crippen LogP contribution in [-0.4, -0.2) is 30.8 Å². The Hall–Kier alpha value is -0.480. The summed E-state index contributed by atoms with van der Waals surface area (Å²) in [6, 6.07) is 0. The average Bonchev–Trinajstić information content (AvgIpc) is 2.90. The van der Waals surface area contributed by atoms with Crippen molar-refractivity contribution in [1.29, 1.82) is 0 Å². The molecule has 1 aliphatic carbocycles. The van der Waals surface area contributed by atoms with Gasteiger partial charge in [0.2, 0.25) is 0 Å². The Morgan fingerprint density at radius 2 is 1.88 bits per heavy atom. The zero-order valence-electron chi connectivity index (χ0n) is 11.0. The first-order valence-corrected chi connectivity index (χ1v) is 6.15. The van der Waals surface area contributed by atoms with E-state index in [1.54, 1.807) is 0 Å². The molecule has 2 unspecified atom stereocenters. The van der Waals surface area contributed by atoms with Gasteiger partial charge in [0.05, 0.1) is 24.9 Å². The molecule has 1 aliphatic rings. The Kier molecular flexibility index (Phi) is 5.07. The third kappa shape index (κ3) is 5.13. The Morgan fingerprint density at radius 1 is 1.24 bits per heavy atom. The lowest BCUT2D eigenvalue weighted by molar-refractivity contribution is 0.00392. The van der Waals surface area contributed by atoms with E-state index in [2.05, 4.69) is 0 Å². The van der Waals surface area contributed by atoms with Crippen molar-refractivity contribution in [2.75, 3.05) is 6.61 Å². The van der Waals surface area contributed by atoms with Gasteiger partial charge in [-0.25, -0.2) is 8.78 Å². The minimum absolute atomic E-state index is 0.0784. The Morgan fingerprint density at radius 3 is 2.41 bits per heavy atom. The largest absolute Gasteiger partial charge is 0.373 e. The number of ether oxygens (including phenoxy) is 2. The summed E-state index contributed by atoms with van der Waals surface area (Å²) >= 11 is 0. The van der Waals surface area contributed by atoms with Gasteiger partial charge in [-0.1, -0.05) is 19.9 Å². The van der Waals surface area contributed by atoms with E-state index in [0.717, 1.165) is 12.5 Å². The highest BCUT2D eigenvalue weighted by atomic mass is 19.3. The molecular formula is C13H22F2O2. The number of hydrogen-bond acceptors (Lipinski definition) is 2. The van der Waals surface area contributed by atoms with Crippen LogP contribution in [0.3, 0.4) is 0 Å². The van der Waals surface area contributed by atoms with Crippen LogP contribution >= 0.6 is 0 Å². The molecule has 0 radical (unpaired) electrons. The van der Waals surface area contributed by atoms with Crippen LogP contribution in [0.25, 0.3) is 0 Å². The predicted octanol–water partition coefficient (Wildman–Crippen LogP) is 3.42. The van der Waals surface area contributed by atoms with Crippen molar-refractivity contribution >= 4 is 0 Å². The molecule has 2 atom stereocenters. The standard InChI is InChI=1S/C13H22F2O2/c1-9(2)13(14,15)6-5-7-16-11-8-12(11)17-10(3)4/h5-6,9-12H,7-8H2,1-4H3. The number of alkyl halides is 2. The zero-order valence-corrected chi connectivity index (χ0v) is 11.0. The molecule has 4 heteroatoms. The van der Waals surface area contributed by atoms with E-state index in [-0.39, 0.29) is 24.9 Å². The van der Waals surface area contributed by atoms with E-state index >= 15 is 0 Å². The maximum absolute atomic E-state index is 13.2. The van der Waals surface area contributed by atoms with Crippen LogP contribution in [-0.2, 0) is 9.47 Å². The van der Waals surface area contributed by atoms with Gasteiger partial charge >= 0.3 is 0 Å². The Balaban J connectivity index is 2.15. The van der Waals surface area contributed by atoms with E-state index in [4.69, 9.17) is 9.47 Å². The van der Waals surface area contributed by atoms with Crippen LogP contribution in [0.5, 0.6) is 0 Å². The van der Waals surface area contributed by atoms with Gasteiger partial charge in [0.1, 0.15) is 0 Å². The molecule has 0 aromatic rings. The third-order valence-corrected chi connectivity index (χ3v) is 2.64. The summed E-state index contributed by atoms with van der Waals surface area (Å²) in [4.78, 5) is 0. The first kappa shape index (κ1) is 14.6. The predicted molar refractivity (Wildman–Crippen MR) is 63.3 cm³/mol. The molecule has 1 fully saturated rings. The normalized spacial score (nSPS) is 25.2. The second kappa shape index (κ2) is 5.91. The topological polar surface area (TPSA) is 18.5 Å². The molecule has 1 rings (SSSR count). The van der Waals surface area contributed by atoms with E-state index in [0.29, 0.717) is 0 Å². The molecule has 0 amide bonds. The van der Waals surface area contributed by atoms with Crippen molar-refractivity contribution in [3.63, 3.8) is 0 Å². The highest BCUT2D eigenvalue weighted by Gasteiger charge is 2.39. The summed E-state index contributed by atoms with van der Waals surface area (Å²) in [7, 11) is 0. The lowest BCUT2D eigenvalue weighted by atomic mass is 10.1. The lowest BCUT2D eigenvalue weighted by Gasteiger charge is -2.15. The van der Waals surface area contributed by atoms with Gasteiger partial charge in [0, 0.05) is 12.3 Å². The van der Waals surface area contributed by atoms with Crippen LogP contribution in [0, 0.1) is 5.92 Å². The van der Waals surface area contributed by atoms with Crippen LogP contribution in [0.4, 0.5) is 8.78 Å². The maximum Gasteiger partial charge on any atom is 0.268 e. The van der Waals surface area contributed by atoms with Crippen molar-refractivity contribution < 1.29 is 18.3 Å². The fourth-order valence-electron chi connectivity index (χ4n) is 1.40. The Labute approximate surface area is 102 Å². The number of halogens is 2. The van der Waals surface area contributed by atoms with Crippen molar-refractivity contribution in [3.8, 4) is 0 Å². The van der Waals surface area contributed by atoms with Gasteiger partial charge in [-0.2, -0.15) is 0 Å². The molecular weight excluding hydrogens is 226 g/mol. The minimum atomic E-state index is -2.75. The summed E-state index contributed by atoms with van der Waals surface area (Å²) < 4.78 is 37.2. The van der Waals surface area contributed by atoms with Gasteiger partial charge < -0.3 is 9.47 Å². The van der Waals surface area contributed by atoms with Gasteiger partial charge in [0.15, 0.2) is 0 Å². The maximum atomic E-state index is 13.2. The molecule has 100 valence electrons. The first-order valence-electron chi connectivity index (χ1n) is 6.15. The fourth-order valence-corrected chi connectivity index (χ4v) is 1.40. The minimum Gasteiger partial charge on any atom is -0.373 e. The average molecular weight is 248 g/mol. The van der Waals surface area contributed by atoms with Crippen LogP contribution in [0.15, 0.2) is 12.2 Å². The van der Waals surface area contributed by atoms with Crippen LogP contribution in [0.1, 0.15) is 34.1 Å². The molecule has 1 saturated carbocycles. The molecule has 17 heavy (non-hydrogen) atoms. The number of hydrogen-bond donors (Lipinski definition) is 0. The monoisotopic (exact) mass is 248 g/mol. The lowest BCUT2D eigenvalue weighted by Crippen LogP contribution is -2.20. The molecule has 0 spiro atoms. The summed E-state index contributed by atoms with van der Waals surface area (Å²) in [6.07, 6.45) is 3.61. The summed E-state index contributed by atoms with van der Waals surface area (Å²) in [6.45, 7) is 7.17. The molecule has 0 aliphatic heterocycles. The van der Waals surface area contributed by atoms with E-state index in [1.807, 2.05) is 13.8 Å². The second-order valence-electron chi connectivity index (χ2n) is 5.06. The number of rotatable bonds is 7. The number of allylic oxidation sites excluding steroid dienone is 1. The summed E-state index contributed by atoms with van der Waals surface area (Å²) in [5.41, 5.74) is 0. The van der Waals surface area contributed by atoms with Gasteiger partial charge in [-0.15, -0.1) is 0 Å². The van der Waals surface area contributed by atoms with Gasteiger partial charge in [0.25, 0.3) is 5.92 Å². The second-order valence-corrected chi connectivity index (χ2v) is 5.06. The van der Waals surface area contributed by atoms with Crippen molar-refractivity contribution in [2.45, 2.75) is 58.4 Å². The SMILES string of the molecule is CC(C)OC1CC1OCC=CC(F)(F)C(C)C. The third-order valence-electron chi connectivity index (χ3n) is 2.64. The molecule has 0 aromatic carbocycles. The molecule has 0 N–H and O–H groups in total. The summed E-state index contributed by atoms with van der Waals surface area (Å²) in [5, 5.41) is 0. The van der Waals surface area contributed by atoms with E-state index in [9.17, 15) is 8.78 Å².